The number of piperidine rings is 1. The van der Waals surface area contributed by atoms with Gasteiger partial charge in [-0.15, -0.1) is 0 Å². The second-order valence-corrected chi connectivity index (χ2v) is 6.96. The first kappa shape index (κ1) is 17.0. The highest BCUT2D eigenvalue weighted by molar-refractivity contribution is 9.10. The van der Waals surface area contributed by atoms with Crippen LogP contribution >= 0.6 is 15.9 Å². The number of likely N-dealkylation sites (tertiary alicyclic amines) is 1. The van der Waals surface area contributed by atoms with Gasteiger partial charge >= 0.3 is 6.03 Å². The van der Waals surface area contributed by atoms with Crippen LogP contribution in [-0.4, -0.2) is 35.7 Å². The van der Waals surface area contributed by atoms with Crippen molar-refractivity contribution in [1.82, 2.24) is 10.2 Å². The molecule has 1 aromatic heterocycles. The molecule has 6 heteroatoms. The molecule has 0 atom stereocenters. The van der Waals surface area contributed by atoms with Crippen LogP contribution in [0.25, 0.3) is 11.3 Å². The highest BCUT2D eigenvalue weighted by Crippen LogP contribution is 2.24. The monoisotopic (exact) mass is 392 g/mol. The first-order chi connectivity index (χ1) is 11.7. The average molecular weight is 393 g/mol. The molecular formula is C18H21BrN2O3. The number of nitrogens with one attached hydrogen (secondary N) is 1. The lowest BCUT2D eigenvalue weighted by Crippen LogP contribution is -2.44. The molecule has 2 heterocycles. The molecule has 3 rings (SSSR count). The van der Waals surface area contributed by atoms with E-state index in [4.69, 9.17) is 9.52 Å². The molecule has 0 bridgehead atoms. The number of hydrogen-bond acceptors (Lipinski definition) is 3. The summed E-state index contributed by atoms with van der Waals surface area (Å²) in [6, 6.07) is 11.6. The summed E-state index contributed by atoms with van der Waals surface area (Å²) in [6.07, 6.45) is 1.72. The molecule has 0 spiro atoms. The van der Waals surface area contributed by atoms with Crippen LogP contribution in [0.4, 0.5) is 4.79 Å². The third kappa shape index (κ3) is 4.19. The van der Waals surface area contributed by atoms with Gasteiger partial charge in [0.1, 0.15) is 11.5 Å². The minimum absolute atomic E-state index is 0.0759. The zero-order chi connectivity index (χ0) is 16.9. The summed E-state index contributed by atoms with van der Waals surface area (Å²) in [5.41, 5.74) is 1.00. The molecule has 2 N–H and O–H groups in total. The lowest BCUT2D eigenvalue weighted by Gasteiger charge is -2.31. The molecule has 0 radical (unpaired) electrons. The van der Waals surface area contributed by atoms with Crippen molar-refractivity contribution in [2.75, 3.05) is 19.7 Å². The van der Waals surface area contributed by atoms with Crippen molar-refractivity contribution in [2.45, 2.75) is 19.4 Å². The Hall–Kier alpha value is -1.79. The maximum atomic E-state index is 12.2. The minimum atomic E-state index is -0.0759. The molecular weight excluding hydrogens is 372 g/mol. The number of nitrogens with zero attached hydrogens (tertiary/aromatic N) is 1. The van der Waals surface area contributed by atoms with Crippen molar-refractivity contribution in [2.24, 2.45) is 5.92 Å². The second kappa shape index (κ2) is 7.85. The van der Waals surface area contributed by atoms with E-state index in [9.17, 15) is 4.79 Å². The molecule has 0 saturated carbocycles. The number of carbonyl (C=O) groups excluding carboxylic acids is 1. The number of amides is 2. The Morgan fingerprint density at radius 3 is 2.58 bits per heavy atom. The molecule has 2 aromatic rings. The van der Waals surface area contributed by atoms with Gasteiger partial charge in [0.15, 0.2) is 0 Å². The summed E-state index contributed by atoms with van der Waals surface area (Å²) in [5.74, 6) is 1.84. The number of carbonyl (C=O) groups is 1. The molecule has 1 aliphatic heterocycles. The fourth-order valence-corrected chi connectivity index (χ4v) is 3.10. The number of hydrogen-bond donors (Lipinski definition) is 2. The van der Waals surface area contributed by atoms with Crippen LogP contribution in [0.15, 0.2) is 45.3 Å². The fourth-order valence-electron chi connectivity index (χ4n) is 2.84. The first-order valence-electron chi connectivity index (χ1n) is 8.14. The number of furan rings is 1. The number of rotatable bonds is 4. The summed E-state index contributed by atoms with van der Waals surface area (Å²) in [7, 11) is 0. The molecule has 1 fully saturated rings. The Kier molecular flexibility index (Phi) is 5.58. The van der Waals surface area contributed by atoms with Crippen molar-refractivity contribution in [3.8, 4) is 11.3 Å². The molecule has 1 aliphatic rings. The molecule has 0 aliphatic carbocycles. The first-order valence-corrected chi connectivity index (χ1v) is 8.93. The summed E-state index contributed by atoms with van der Waals surface area (Å²) in [4.78, 5) is 14.0. The van der Waals surface area contributed by atoms with E-state index in [1.165, 1.54) is 0 Å². The van der Waals surface area contributed by atoms with Crippen LogP contribution in [0, 0.1) is 5.92 Å². The smallest absolute Gasteiger partial charge is 0.317 e. The van der Waals surface area contributed by atoms with Crippen LogP contribution in [0.5, 0.6) is 0 Å². The number of aliphatic hydroxyl groups is 1. The van der Waals surface area contributed by atoms with E-state index in [0.717, 1.165) is 34.4 Å². The Bertz CT molecular complexity index is 676. The predicted octanol–water partition coefficient (Wildman–Crippen LogP) is 3.62. The maximum Gasteiger partial charge on any atom is 0.317 e. The minimum Gasteiger partial charge on any atom is -0.459 e. The van der Waals surface area contributed by atoms with Gasteiger partial charge in [-0.1, -0.05) is 28.1 Å². The van der Waals surface area contributed by atoms with Crippen molar-refractivity contribution in [3.63, 3.8) is 0 Å². The largest absolute Gasteiger partial charge is 0.459 e. The number of halogens is 1. The summed E-state index contributed by atoms with van der Waals surface area (Å²) in [6.45, 7) is 1.97. The molecule has 128 valence electrons. The van der Waals surface area contributed by atoms with E-state index in [2.05, 4.69) is 21.2 Å². The third-order valence-corrected chi connectivity index (χ3v) is 4.89. The molecule has 24 heavy (non-hydrogen) atoms. The van der Waals surface area contributed by atoms with Crippen LogP contribution in [0.1, 0.15) is 18.6 Å². The Labute approximate surface area is 149 Å². The van der Waals surface area contributed by atoms with Gasteiger partial charge < -0.3 is 19.7 Å². The summed E-state index contributed by atoms with van der Waals surface area (Å²) >= 11 is 3.41. The number of urea groups is 1. The summed E-state index contributed by atoms with van der Waals surface area (Å²) in [5, 5.41) is 12.0. The zero-order valence-electron chi connectivity index (χ0n) is 13.4. The van der Waals surface area contributed by atoms with Crippen LogP contribution in [0.2, 0.25) is 0 Å². The topological polar surface area (TPSA) is 65.7 Å². The van der Waals surface area contributed by atoms with Crippen molar-refractivity contribution >= 4 is 22.0 Å². The SMILES string of the molecule is O=C(NCc1ccc(-c2ccc(Br)cc2)o1)N1CCC(CO)CC1. The van der Waals surface area contributed by atoms with E-state index >= 15 is 0 Å². The van der Waals surface area contributed by atoms with Gasteiger partial charge in [-0.3, -0.25) is 0 Å². The lowest BCUT2D eigenvalue weighted by molar-refractivity contribution is 0.137. The normalized spacial score (nSPS) is 15.5. The predicted molar refractivity (Wildman–Crippen MR) is 95.5 cm³/mol. The van der Waals surface area contributed by atoms with E-state index in [0.29, 0.717) is 25.6 Å². The van der Waals surface area contributed by atoms with Gasteiger partial charge in [-0.05, 0) is 43.0 Å². The van der Waals surface area contributed by atoms with Gasteiger partial charge in [0, 0.05) is 29.7 Å². The van der Waals surface area contributed by atoms with Gasteiger partial charge in [0.05, 0.1) is 6.54 Å². The Balaban J connectivity index is 1.52. The van der Waals surface area contributed by atoms with E-state index in [1.807, 2.05) is 36.4 Å². The van der Waals surface area contributed by atoms with Crippen molar-refractivity contribution < 1.29 is 14.3 Å². The molecule has 5 nitrogen and oxygen atoms in total. The number of aliphatic hydroxyl groups excluding tert-OH is 1. The fraction of sp³-hybridized carbons (Fsp3) is 0.389. The highest BCUT2D eigenvalue weighted by atomic mass is 79.9. The van der Waals surface area contributed by atoms with E-state index in [-0.39, 0.29) is 12.6 Å². The zero-order valence-corrected chi connectivity index (χ0v) is 15.0. The standard InChI is InChI=1S/C18H21BrN2O3/c19-15-3-1-14(2-4-15)17-6-5-16(24-17)11-20-18(23)21-9-7-13(12-22)8-10-21/h1-6,13,22H,7-12H2,(H,20,23). The quantitative estimate of drug-likeness (QED) is 0.834. The van der Waals surface area contributed by atoms with E-state index in [1.54, 1.807) is 4.90 Å². The van der Waals surface area contributed by atoms with Crippen LogP contribution in [0.3, 0.4) is 0 Å². The van der Waals surface area contributed by atoms with E-state index < -0.39 is 0 Å². The van der Waals surface area contributed by atoms with Gasteiger partial charge in [0.2, 0.25) is 0 Å². The highest BCUT2D eigenvalue weighted by Gasteiger charge is 2.22. The Morgan fingerprint density at radius 1 is 1.21 bits per heavy atom. The van der Waals surface area contributed by atoms with Gasteiger partial charge in [-0.2, -0.15) is 0 Å². The molecule has 1 saturated heterocycles. The van der Waals surface area contributed by atoms with Crippen molar-refractivity contribution in [1.29, 1.82) is 0 Å². The maximum absolute atomic E-state index is 12.2. The second-order valence-electron chi connectivity index (χ2n) is 6.04. The lowest BCUT2D eigenvalue weighted by atomic mass is 9.98. The van der Waals surface area contributed by atoms with Gasteiger partial charge in [0.25, 0.3) is 0 Å². The third-order valence-electron chi connectivity index (χ3n) is 4.36. The van der Waals surface area contributed by atoms with Crippen LogP contribution in [-0.2, 0) is 6.54 Å². The van der Waals surface area contributed by atoms with Crippen molar-refractivity contribution in [3.05, 3.63) is 46.6 Å². The van der Waals surface area contributed by atoms with Gasteiger partial charge in [-0.25, -0.2) is 4.79 Å². The average Bonchev–Trinajstić information content (AvgIpc) is 3.09. The molecule has 2 amide bonds. The number of benzene rings is 1. The molecule has 0 unspecified atom stereocenters. The molecule has 1 aromatic carbocycles. The Morgan fingerprint density at radius 2 is 1.92 bits per heavy atom. The van der Waals surface area contributed by atoms with Crippen LogP contribution < -0.4 is 5.32 Å². The summed E-state index contributed by atoms with van der Waals surface area (Å²) < 4.78 is 6.82.